The highest BCUT2D eigenvalue weighted by Gasteiger charge is 2.26. The molecule has 6 nitrogen and oxygen atoms in total. The van der Waals surface area contributed by atoms with Gasteiger partial charge in [-0.2, -0.15) is 0 Å². The average Bonchev–Trinajstić information content (AvgIpc) is 2.80. The van der Waals surface area contributed by atoms with Crippen molar-refractivity contribution in [1.29, 1.82) is 0 Å². The molecular formula is C25H29FN2O4S. The fourth-order valence-corrected chi connectivity index (χ4v) is 5.89. The van der Waals surface area contributed by atoms with Crippen molar-refractivity contribution in [3.63, 3.8) is 0 Å². The Hall–Kier alpha value is -2.87. The maximum Gasteiger partial charge on any atom is 0.211 e. The van der Waals surface area contributed by atoms with E-state index in [4.69, 9.17) is 4.74 Å². The van der Waals surface area contributed by atoms with Crippen molar-refractivity contribution in [3.05, 3.63) is 58.6 Å². The molecule has 33 heavy (non-hydrogen) atoms. The second-order valence-corrected chi connectivity index (χ2v) is 10.6. The largest absolute Gasteiger partial charge is 0.497 e. The monoisotopic (exact) mass is 472 g/mol. The van der Waals surface area contributed by atoms with E-state index in [9.17, 15) is 13.2 Å². The number of sulfone groups is 1. The van der Waals surface area contributed by atoms with E-state index in [1.54, 1.807) is 10.6 Å². The van der Waals surface area contributed by atoms with Crippen molar-refractivity contribution < 1.29 is 17.5 Å². The number of hydrogen-bond acceptors (Lipinski definition) is 5. The minimum Gasteiger partial charge on any atom is -0.497 e. The van der Waals surface area contributed by atoms with Crippen molar-refractivity contribution in [2.75, 3.05) is 25.1 Å². The van der Waals surface area contributed by atoms with Gasteiger partial charge in [-0.05, 0) is 61.6 Å². The third-order valence-electron chi connectivity index (χ3n) is 6.24. The lowest BCUT2D eigenvalue weighted by Crippen LogP contribution is -2.35. The van der Waals surface area contributed by atoms with Crippen LogP contribution in [0.2, 0.25) is 0 Å². The summed E-state index contributed by atoms with van der Waals surface area (Å²) in [6, 6.07) is 8.77. The summed E-state index contributed by atoms with van der Waals surface area (Å²) in [5.41, 5.74) is 0.319. The average molecular weight is 473 g/mol. The molecule has 1 fully saturated rings. The molecule has 2 heterocycles. The van der Waals surface area contributed by atoms with Gasteiger partial charge in [-0.15, -0.1) is 0 Å². The van der Waals surface area contributed by atoms with Gasteiger partial charge in [0.2, 0.25) is 15.3 Å². The molecule has 1 aliphatic heterocycles. The summed E-state index contributed by atoms with van der Waals surface area (Å²) in [7, 11) is -2.61. The van der Waals surface area contributed by atoms with Crippen LogP contribution in [-0.4, -0.2) is 33.2 Å². The summed E-state index contributed by atoms with van der Waals surface area (Å²) < 4.78 is 48.7. The standard InChI is InChI=1S/C25H29FN2O4S/c1-4-11-27-16-24(33(30,31)19-9-7-18(32-3)8-10-19)25(29)20-13-21(26)23(14-22(20)27)28-12-5-6-17(2)15-28/h7-10,13-14,16-17H,4-6,11-12,15H2,1-3H3/t17-/m0/s1. The molecule has 0 amide bonds. The maximum absolute atomic E-state index is 15.2. The van der Waals surface area contributed by atoms with E-state index in [1.165, 1.54) is 43.6 Å². The Morgan fingerprint density at radius 3 is 2.55 bits per heavy atom. The van der Waals surface area contributed by atoms with E-state index in [0.29, 0.717) is 29.4 Å². The summed E-state index contributed by atoms with van der Waals surface area (Å²) in [5, 5.41) is 0.0735. The van der Waals surface area contributed by atoms with Crippen LogP contribution in [0.15, 0.2) is 57.2 Å². The highest BCUT2D eigenvalue weighted by atomic mass is 32.2. The SMILES string of the molecule is CCCn1cc(S(=O)(=O)c2ccc(OC)cc2)c(=O)c2cc(F)c(N3CCC[C@H](C)C3)cc21. The number of rotatable bonds is 6. The van der Waals surface area contributed by atoms with Gasteiger partial charge < -0.3 is 14.2 Å². The van der Waals surface area contributed by atoms with Crippen molar-refractivity contribution in [2.24, 2.45) is 5.92 Å². The number of halogens is 1. The third kappa shape index (κ3) is 4.36. The van der Waals surface area contributed by atoms with Crippen LogP contribution in [0.4, 0.5) is 10.1 Å². The fourth-order valence-electron chi connectivity index (χ4n) is 4.52. The van der Waals surface area contributed by atoms with Crippen LogP contribution in [0.25, 0.3) is 10.9 Å². The van der Waals surface area contributed by atoms with E-state index in [-0.39, 0.29) is 15.2 Å². The molecule has 0 N–H and O–H groups in total. The number of fused-ring (bicyclic) bond motifs is 1. The Morgan fingerprint density at radius 1 is 1.18 bits per heavy atom. The van der Waals surface area contributed by atoms with Crippen molar-refractivity contribution in [2.45, 2.75) is 49.4 Å². The Bertz CT molecular complexity index is 1330. The predicted octanol–water partition coefficient (Wildman–Crippen LogP) is 4.63. The number of aromatic nitrogens is 1. The van der Waals surface area contributed by atoms with Crippen molar-refractivity contribution in [1.82, 2.24) is 4.57 Å². The minimum atomic E-state index is -4.10. The Balaban J connectivity index is 1.90. The number of benzene rings is 2. The van der Waals surface area contributed by atoms with Gasteiger partial charge >= 0.3 is 0 Å². The molecular weight excluding hydrogens is 443 g/mol. The summed E-state index contributed by atoms with van der Waals surface area (Å²) in [5.74, 6) is 0.469. The Labute approximate surface area is 193 Å². The summed E-state index contributed by atoms with van der Waals surface area (Å²) in [6.07, 6.45) is 4.22. The van der Waals surface area contributed by atoms with Crippen LogP contribution in [-0.2, 0) is 16.4 Å². The van der Waals surface area contributed by atoms with E-state index >= 15 is 4.39 Å². The van der Waals surface area contributed by atoms with Crippen LogP contribution in [0, 0.1) is 11.7 Å². The molecule has 0 saturated carbocycles. The zero-order valence-electron chi connectivity index (χ0n) is 19.2. The highest BCUT2D eigenvalue weighted by Crippen LogP contribution is 2.30. The van der Waals surface area contributed by atoms with Crippen molar-refractivity contribution >= 4 is 26.4 Å². The lowest BCUT2D eigenvalue weighted by atomic mass is 9.99. The molecule has 1 saturated heterocycles. The Kier molecular flexibility index (Phi) is 6.47. The fraction of sp³-hybridized carbons (Fsp3) is 0.400. The molecule has 176 valence electrons. The summed E-state index contributed by atoms with van der Waals surface area (Å²) in [4.78, 5) is 15.0. The molecule has 0 aliphatic carbocycles. The number of methoxy groups -OCH3 is 1. The van der Waals surface area contributed by atoms with Gasteiger partial charge in [0, 0.05) is 25.8 Å². The molecule has 3 aromatic rings. The molecule has 2 aromatic carbocycles. The van der Waals surface area contributed by atoms with Crippen LogP contribution in [0.3, 0.4) is 0 Å². The van der Waals surface area contributed by atoms with Crippen LogP contribution < -0.4 is 15.1 Å². The van der Waals surface area contributed by atoms with E-state index in [0.717, 1.165) is 32.4 Å². The van der Waals surface area contributed by atoms with Gasteiger partial charge in [-0.3, -0.25) is 4.79 Å². The maximum atomic E-state index is 15.2. The van der Waals surface area contributed by atoms with Crippen LogP contribution in [0.1, 0.15) is 33.1 Å². The number of piperidine rings is 1. The van der Waals surface area contributed by atoms with Gasteiger partial charge in [-0.1, -0.05) is 13.8 Å². The zero-order valence-corrected chi connectivity index (χ0v) is 20.0. The normalized spacial score (nSPS) is 16.8. The number of hydrogen-bond donors (Lipinski definition) is 0. The first kappa shape index (κ1) is 23.3. The van der Waals surface area contributed by atoms with E-state index in [1.807, 2.05) is 11.8 Å². The first-order valence-electron chi connectivity index (χ1n) is 11.3. The van der Waals surface area contributed by atoms with Crippen molar-refractivity contribution in [3.8, 4) is 5.75 Å². The molecule has 1 aromatic heterocycles. The number of pyridine rings is 1. The van der Waals surface area contributed by atoms with E-state index in [2.05, 4.69) is 6.92 Å². The lowest BCUT2D eigenvalue weighted by molar-refractivity contribution is 0.414. The molecule has 0 spiro atoms. The third-order valence-corrected chi connectivity index (χ3v) is 8.00. The van der Waals surface area contributed by atoms with Gasteiger partial charge in [0.15, 0.2) is 0 Å². The van der Waals surface area contributed by atoms with Gasteiger partial charge in [-0.25, -0.2) is 12.8 Å². The number of aryl methyl sites for hydroxylation is 1. The number of ether oxygens (including phenoxy) is 1. The number of nitrogens with zero attached hydrogens (tertiary/aromatic N) is 2. The zero-order chi connectivity index (χ0) is 23.8. The topological polar surface area (TPSA) is 68.6 Å². The summed E-state index contributed by atoms with van der Waals surface area (Å²) in [6.45, 7) is 6.13. The minimum absolute atomic E-state index is 0.0119. The predicted molar refractivity (Wildman–Crippen MR) is 128 cm³/mol. The summed E-state index contributed by atoms with van der Waals surface area (Å²) >= 11 is 0. The van der Waals surface area contributed by atoms with Gasteiger partial charge in [0.25, 0.3) is 0 Å². The second-order valence-electron chi connectivity index (χ2n) is 8.71. The molecule has 4 rings (SSSR count). The molecule has 0 bridgehead atoms. The first-order valence-corrected chi connectivity index (χ1v) is 12.8. The quantitative estimate of drug-likeness (QED) is 0.523. The highest BCUT2D eigenvalue weighted by molar-refractivity contribution is 7.91. The molecule has 1 atom stereocenters. The van der Waals surface area contributed by atoms with Gasteiger partial charge in [0.1, 0.15) is 16.5 Å². The Morgan fingerprint density at radius 2 is 1.91 bits per heavy atom. The van der Waals surface area contributed by atoms with Crippen LogP contribution >= 0.6 is 0 Å². The van der Waals surface area contributed by atoms with Gasteiger partial charge in [0.05, 0.1) is 28.6 Å². The molecule has 0 unspecified atom stereocenters. The molecule has 1 aliphatic rings. The van der Waals surface area contributed by atoms with E-state index < -0.39 is 21.1 Å². The van der Waals surface area contributed by atoms with Crippen LogP contribution in [0.5, 0.6) is 5.75 Å². The molecule has 0 radical (unpaired) electrons. The second kappa shape index (κ2) is 9.17. The molecule has 8 heteroatoms. The lowest BCUT2D eigenvalue weighted by Gasteiger charge is -2.33. The number of anilines is 1. The first-order chi connectivity index (χ1) is 15.8. The smallest absolute Gasteiger partial charge is 0.211 e.